The van der Waals surface area contributed by atoms with Crippen LogP contribution < -0.4 is 10.3 Å². The zero-order valence-electron chi connectivity index (χ0n) is 23.8. The second-order valence-electron chi connectivity index (χ2n) is 10.6. The Morgan fingerprint density at radius 3 is 2.56 bits per heavy atom. The first-order chi connectivity index (χ1) is 20.5. The molecule has 0 aliphatic carbocycles. The average molecular weight is 616 g/mol. The van der Waals surface area contributed by atoms with Gasteiger partial charge in [-0.25, -0.2) is 8.78 Å². The monoisotopic (exact) mass is 615 g/mol. The molecule has 1 atom stereocenters. The quantitative estimate of drug-likeness (QED) is 0.191. The van der Waals surface area contributed by atoms with Gasteiger partial charge in [-0.05, 0) is 61.3 Å². The molecule has 43 heavy (non-hydrogen) atoms. The number of rotatable bonds is 9. The third-order valence-electron chi connectivity index (χ3n) is 7.77. The summed E-state index contributed by atoms with van der Waals surface area (Å²) in [6.45, 7) is 2.72. The van der Waals surface area contributed by atoms with E-state index in [0.29, 0.717) is 35.0 Å². The molecule has 0 saturated heterocycles. The second kappa shape index (κ2) is 12.5. The molecule has 3 heterocycles. The maximum absolute atomic E-state index is 15.6. The summed E-state index contributed by atoms with van der Waals surface area (Å²) >= 11 is 1.35. The van der Waals surface area contributed by atoms with Crippen molar-refractivity contribution in [1.82, 2.24) is 14.5 Å². The lowest BCUT2D eigenvalue weighted by molar-refractivity contribution is -0.138. The molecular weight excluding hydrogens is 585 g/mol. The van der Waals surface area contributed by atoms with Crippen LogP contribution in [0.4, 0.5) is 22.0 Å². The van der Waals surface area contributed by atoms with Crippen molar-refractivity contribution in [3.8, 4) is 16.9 Å². The van der Waals surface area contributed by atoms with E-state index in [-0.39, 0.29) is 22.9 Å². The van der Waals surface area contributed by atoms with Gasteiger partial charge >= 0.3 is 6.18 Å². The van der Waals surface area contributed by atoms with Crippen LogP contribution in [0.1, 0.15) is 33.9 Å². The number of thioether (sulfide) groups is 1. The first kappa shape index (κ1) is 30.7. The lowest BCUT2D eigenvalue weighted by atomic mass is 9.92. The van der Waals surface area contributed by atoms with Gasteiger partial charge in [0.25, 0.3) is 5.56 Å². The number of hydrogen-bond acceptors (Lipinski definition) is 5. The molecule has 11 heteroatoms. The molecule has 0 radical (unpaired) electrons. The Kier molecular flexibility index (Phi) is 8.94. The lowest BCUT2D eigenvalue weighted by Crippen LogP contribution is -2.35. The van der Waals surface area contributed by atoms with Crippen molar-refractivity contribution in [2.45, 2.75) is 37.0 Å². The third-order valence-corrected chi connectivity index (χ3v) is 9.04. The van der Waals surface area contributed by atoms with Gasteiger partial charge < -0.3 is 9.64 Å². The van der Waals surface area contributed by atoms with Crippen LogP contribution in [0.25, 0.3) is 11.1 Å². The molecule has 5 rings (SSSR count). The highest BCUT2D eigenvalue weighted by Crippen LogP contribution is 2.42. The number of pyridine rings is 2. The van der Waals surface area contributed by atoms with Gasteiger partial charge in [0.15, 0.2) is 11.6 Å². The van der Waals surface area contributed by atoms with Gasteiger partial charge in [0.2, 0.25) is 0 Å². The largest absolute Gasteiger partial charge is 0.494 e. The first-order valence-corrected chi connectivity index (χ1v) is 14.7. The van der Waals surface area contributed by atoms with Gasteiger partial charge in [-0.1, -0.05) is 24.3 Å². The maximum Gasteiger partial charge on any atom is 0.416 e. The number of likely N-dealkylation sites (N-methyl/N-ethyl adjacent to an activating group) is 1. The van der Waals surface area contributed by atoms with Crippen molar-refractivity contribution in [3.05, 3.63) is 111 Å². The van der Waals surface area contributed by atoms with Crippen molar-refractivity contribution in [1.29, 1.82) is 0 Å². The number of hydrogen-bond donors (Lipinski definition) is 0. The summed E-state index contributed by atoms with van der Waals surface area (Å²) in [5, 5.41) is 0.469. The lowest BCUT2D eigenvalue weighted by Gasteiger charge is -2.25. The molecule has 226 valence electrons. The Labute approximate surface area is 250 Å². The first-order valence-electron chi connectivity index (χ1n) is 13.7. The number of nitrogens with zero attached hydrogens (tertiary/aromatic N) is 3. The van der Waals surface area contributed by atoms with E-state index >= 15 is 8.78 Å². The molecule has 1 aliphatic rings. The molecule has 1 aliphatic heterocycles. The summed E-state index contributed by atoms with van der Waals surface area (Å²) in [5.74, 6) is -1.35. The number of alkyl halides is 3. The standard InChI is InChI=1S/C32H30F5N3O2S/c1-19-23(15-24-25(32(35,36)37)9-5-10-26(24)33)31-40(30(41)28(19)22-8-4-11-27(42-3)29(22)34)21(18-43-31)17-39(2)14-12-20-7-6-13-38-16-20/h4-11,13,16,21H,12,14-15,17-18H2,1-3H3. The molecule has 2 aromatic carbocycles. The van der Waals surface area contributed by atoms with Crippen LogP contribution in [-0.4, -0.2) is 47.5 Å². The summed E-state index contributed by atoms with van der Waals surface area (Å²) in [4.78, 5) is 20.4. The Hall–Kier alpha value is -3.70. The predicted molar refractivity (Wildman–Crippen MR) is 157 cm³/mol. The van der Waals surface area contributed by atoms with Crippen LogP contribution in [0.15, 0.2) is 70.7 Å². The van der Waals surface area contributed by atoms with Gasteiger partial charge in [-0.2, -0.15) is 13.2 Å². The summed E-state index contributed by atoms with van der Waals surface area (Å²) in [5.41, 5.74) is -0.338. The predicted octanol–water partition coefficient (Wildman–Crippen LogP) is 6.94. The van der Waals surface area contributed by atoms with Gasteiger partial charge in [-0.3, -0.25) is 14.3 Å². The Balaban J connectivity index is 1.62. The fraction of sp³-hybridized carbons (Fsp3) is 0.312. The zero-order chi connectivity index (χ0) is 30.9. The van der Waals surface area contributed by atoms with Gasteiger partial charge in [-0.15, -0.1) is 11.8 Å². The number of ether oxygens (including phenoxy) is 1. The Morgan fingerprint density at radius 1 is 1.09 bits per heavy atom. The minimum atomic E-state index is -4.78. The molecule has 0 bridgehead atoms. The Morgan fingerprint density at radius 2 is 1.86 bits per heavy atom. The molecule has 5 nitrogen and oxygen atoms in total. The molecular formula is C32H30F5N3O2S. The summed E-state index contributed by atoms with van der Waals surface area (Å²) in [6, 6.07) is 10.8. The van der Waals surface area contributed by atoms with Crippen molar-refractivity contribution in [3.63, 3.8) is 0 Å². The van der Waals surface area contributed by atoms with E-state index in [1.54, 1.807) is 30.0 Å². The number of benzene rings is 2. The van der Waals surface area contributed by atoms with E-state index in [9.17, 15) is 18.0 Å². The highest BCUT2D eigenvalue weighted by atomic mass is 32.2. The van der Waals surface area contributed by atoms with Crippen LogP contribution in [0.2, 0.25) is 0 Å². The maximum atomic E-state index is 15.6. The van der Waals surface area contributed by atoms with Crippen LogP contribution >= 0.6 is 11.8 Å². The van der Waals surface area contributed by atoms with Gasteiger partial charge in [0, 0.05) is 48.8 Å². The summed E-state index contributed by atoms with van der Waals surface area (Å²) in [7, 11) is 3.23. The molecule has 2 aromatic heterocycles. The Bertz CT molecular complexity index is 1690. The molecule has 0 N–H and O–H groups in total. The molecule has 0 saturated carbocycles. The third kappa shape index (κ3) is 6.19. The molecule has 0 fully saturated rings. The van der Waals surface area contributed by atoms with Crippen molar-refractivity contribution < 1.29 is 26.7 Å². The smallest absolute Gasteiger partial charge is 0.416 e. The van der Waals surface area contributed by atoms with Crippen molar-refractivity contribution in [2.75, 3.05) is 33.0 Å². The van der Waals surface area contributed by atoms with E-state index in [4.69, 9.17) is 4.74 Å². The second-order valence-corrected chi connectivity index (χ2v) is 11.6. The molecule has 1 unspecified atom stereocenters. The van der Waals surface area contributed by atoms with E-state index in [1.165, 1.54) is 31.0 Å². The average Bonchev–Trinajstić information content (AvgIpc) is 3.39. The minimum absolute atomic E-state index is 0.0190. The number of methoxy groups -OCH3 is 1. The topological polar surface area (TPSA) is 47.4 Å². The van der Waals surface area contributed by atoms with E-state index in [2.05, 4.69) is 9.88 Å². The van der Waals surface area contributed by atoms with Gasteiger partial charge in [0.1, 0.15) is 5.82 Å². The number of aromatic nitrogens is 2. The molecule has 4 aromatic rings. The van der Waals surface area contributed by atoms with Crippen LogP contribution in [0.3, 0.4) is 0 Å². The summed E-state index contributed by atoms with van der Waals surface area (Å²) < 4.78 is 79.2. The molecule has 0 amide bonds. The minimum Gasteiger partial charge on any atom is -0.494 e. The van der Waals surface area contributed by atoms with Gasteiger partial charge in [0.05, 0.1) is 29.3 Å². The SMILES string of the molecule is COc1cccc(-c2c(C)c(Cc3c(F)cccc3C(F)(F)F)c3n(c2=O)C(CN(C)CCc2cccnc2)CS3)c1F. The van der Waals surface area contributed by atoms with E-state index in [1.807, 2.05) is 19.2 Å². The highest BCUT2D eigenvalue weighted by molar-refractivity contribution is 7.99. The van der Waals surface area contributed by atoms with E-state index < -0.39 is 40.9 Å². The fourth-order valence-electron chi connectivity index (χ4n) is 5.59. The normalized spacial score (nSPS) is 14.8. The zero-order valence-corrected chi connectivity index (χ0v) is 24.7. The van der Waals surface area contributed by atoms with Crippen LogP contribution in [0.5, 0.6) is 5.75 Å². The van der Waals surface area contributed by atoms with Crippen LogP contribution in [0, 0.1) is 18.6 Å². The van der Waals surface area contributed by atoms with Crippen LogP contribution in [-0.2, 0) is 19.0 Å². The highest BCUT2D eigenvalue weighted by Gasteiger charge is 2.37. The fourth-order valence-corrected chi connectivity index (χ4v) is 6.96. The number of fused-ring (bicyclic) bond motifs is 1. The van der Waals surface area contributed by atoms with Crippen molar-refractivity contribution >= 4 is 11.8 Å². The number of halogens is 5. The summed E-state index contributed by atoms with van der Waals surface area (Å²) in [6.07, 6.45) is -0.972. The molecule has 0 spiro atoms. The van der Waals surface area contributed by atoms with Crippen molar-refractivity contribution in [2.24, 2.45) is 0 Å². The van der Waals surface area contributed by atoms with E-state index in [0.717, 1.165) is 30.2 Å².